The van der Waals surface area contributed by atoms with Gasteiger partial charge in [0.15, 0.2) is 0 Å². The first-order valence-corrected chi connectivity index (χ1v) is 8.84. The fraction of sp³-hybridized carbons (Fsp3) is 0.133. The molecule has 0 aromatic heterocycles. The van der Waals surface area contributed by atoms with Crippen LogP contribution < -0.4 is 15.0 Å². The van der Waals surface area contributed by atoms with Gasteiger partial charge in [-0.2, -0.15) is 0 Å². The number of ether oxygens (including phenoxy) is 1. The molecule has 1 amide bonds. The molecular weight excluding hydrogens is 384 g/mol. The maximum absolute atomic E-state index is 12.4. The molecule has 0 unspecified atom stereocenters. The lowest BCUT2D eigenvalue weighted by atomic mass is 10.1. The Morgan fingerprint density at radius 1 is 1.17 bits per heavy atom. The van der Waals surface area contributed by atoms with Crippen molar-refractivity contribution in [1.82, 2.24) is 10.3 Å². The summed E-state index contributed by atoms with van der Waals surface area (Å²) in [7, 11) is -2.61. The standard InChI is InChI=1S/C15H15BrN2O4S/c1-10-5-3-4-6-12(10)15(19)17-18-23(20,21)14-9-11(16)7-8-13(14)22-2/h3-9,18H,1-2H3,(H,17,19). The van der Waals surface area contributed by atoms with Gasteiger partial charge in [0, 0.05) is 10.0 Å². The van der Waals surface area contributed by atoms with Crippen LogP contribution in [0.1, 0.15) is 15.9 Å². The lowest BCUT2D eigenvalue weighted by Crippen LogP contribution is -2.41. The third-order valence-corrected chi connectivity index (χ3v) is 4.87. The smallest absolute Gasteiger partial charge is 0.266 e. The Morgan fingerprint density at radius 2 is 1.87 bits per heavy atom. The minimum atomic E-state index is -3.98. The summed E-state index contributed by atoms with van der Waals surface area (Å²) in [4.78, 5) is 14.1. The summed E-state index contributed by atoms with van der Waals surface area (Å²) < 4.78 is 30.3. The second-order valence-corrected chi connectivity index (χ2v) is 7.24. The van der Waals surface area contributed by atoms with E-state index in [2.05, 4.69) is 26.2 Å². The lowest BCUT2D eigenvalue weighted by molar-refractivity contribution is 0.0944. The second kappa shape index (κ2) is 7.12. The van der Waals surface area contributed by atoms with Crippen LogP contribution in [0.5, 0.6) is 5.75 Å². The number of aryl methyl sites for hydroxylation is 1. The number of carbonyl (C=O) groups excluding carboxylic acids is 1. The minimum absolute atomic E-state index is 0.0838. The topological polar surface area (TPSA) is 84.5 Å². The Labute approximate surface area is 143 Å². The molecule has 2 aromatic carbocycles. The summed E-state index contributed by atoms with van der Waals surface area (Å²) in [5.41, 5.74) is 3.33. The van der Waals surface area contributed by atoms with E-state index in [4.69, 9.17) is 4.74 Å². The van der Waals surface area contributed by atoms with E-state index >= 15 is 0 Å². The molecule has 0 aliphatic carbocycles. The Balaban J connectivity index is 2.21. The molecule has 0 fully saturated rings. The van der Waals surface area contributed by atoms with E-state index in [1.54, 1.807) is 37.3 Å². The highest BCUT2D eigenvalue weighted by Gasteiger charge is 2.21. The van der Waals surface area contributed by atoms with E-state index in [0.717, 1.165) is 5.56 Å². The van der Waals surface area contributed by atoms with Crippen LogP contribution in [0.3, 0.4) is 0 Å². The average molecular weight is 399 g/mol. The molecule has 23 heavy (non-hydrogen) atoms. The van der Waals surface area contributed by atoms with Gasteiger partial charge in [-0.05, 0) is 36.8 Å². The summed E-state index contributed by atoms with van der Waals surface area (Å²) >= 11 is 3.21. The number of hydrogen-bond donors (Lipinski definition) is 2. The first-order chi connectivity index (χ1) is 10.8. The van der Waals surface area contributed by atoms with E-state index in [9.17, 15) is 13.2 Å². The molecule has 0 saturated carbocycles. The SMILES string of the molecule is COc1ccc(Br)cc1S(=O)(=O)NNC(=O)c1ccccc1C. The molecule has 122 valence electrons. The van der Waals surface area contributed by atoms with Crippen molar-refractivity contribution < 1.29 is 17.9 Å². The number of carbonyl (C=O) groups is 1. The Hall–Kier alpha value is -1.90. The Morgan fingerprint density at radius 3 is 2.52 bits per heavy atom. The number of methoxy groups -OCH3 is 1. The third kappa shape index (κ3) is 4.10. The van der Waals surface area contributed by atoms with Crippen molar-refractivity contribution in [2.24, 2.45) is 0 Å². The molecule has 2 rings (SSSR count). The predicted molar refractivity (Wildman–Crippen MR) is 89.7 cm³/mol. The van der Waals surface area contributed by atoms with Crippen molar-refractivity contribution in [1.29, 1.82) is 0 Å². The van der Waals surface area contributed by atoms with Crippen LogP contribution in [-0.2, 0) is 10.0 Å². The molecule has 0 aliphatic heterocycles. The quantitative estimate of drug-likeness (QED) is 0.757. The molecule has 2 N–H and O–H groups in total. The van der Waals surface area contributed by atoms with Crippen LogP contribution in [0.2, 0.25) is 0 Å². The van der Waals surface area contributed by atoms with Gasteiger partial charge in [0.2, 0.25) is 0 Å². The normalized spacial score (nSPS) is 11.1. The van der Waals surface area contributed by atoms with Gasteiger partial charge >= 0.3 is 0 Å². The number of hydrazine groups is 1. The maximum atomic E-state index is 12.4. The first-order valence-electron chi connectivity index (χ1n) is 6.56. The molecule has 6 nitrogen and oxygen atoms in total. The van der Waals surface area contributed by atoms with Crippen molar-refractivity contribution in [3.63, 3.8) is 0 Å². The molecule has 0 atom stereocenters. The van der Waals surface area contributed by atoms with E-state index in [1.165, 1.54) is 19.2 Å². The Bertz CT molecular complexity index is 837. The molecule has 0 saturated heterocycles. The maximum Gasteiger partial charge on any atom is 0.266 e. The van der Waals surface area contributed by atoms with Crippen molar-refractivity contribution >= 4 is 31.9 Å². The van der Waals surface area contributed by atoms with Crippen LogP contribution in [0.15, 0.2) is 51.8 Å². The van der Waals surface area contributed by atoms with Crippen molar-refractivity contribution in [3.8, 4) is 5.75 Å². The van der Waals surface area contributed by atoms with E-state index in [0.29, 0.717) is 10.0 Å². The zero-order valence-corrected chi connectivity index (χ0v) is 14.9. The molecule has 8 heteroatoms. The van der Waals surface area contributed by atoms with Gasteiger partial charge in [-0.1, -0.05) is 34.1 Å². The van der Waals surface area contributed by atoms with Gasteiger partial charge in [-0.25, -0.2) is 8.42 Å². The first kappa shape index (κ1) is 17.5. The van der Waals surface area contributed by atoms with Crippen LogP contribution in [0.4, 0.5) is 0 Å². The van der Waals surface area contributed by atoms with Gasteiger partial charge in [0.05, 0.1) is 7.11 Å². The van der Waals surface area contributed by atoms with E-state index < -0.39 is 15.9 Å². The highest BCUT2D eigenvalue weighted by atomic mass is 79.9. The summed E-state index contributed by atoms with van der Waals surface area (Å²) in [6, 6.07) is 11.4. The summed E-state index contributed by atoms with van der Waals surface area (Å²) in [6.45, 7) is 1.76. The van der Waals surface area contributed by atoms with Crippen LogP contribution in [0, 0.1) is 6.92 Å². The molecule has 0 heterocycles. The number of amides is 1. The molecular formula is C15H15BrN2O4S. The highest BCUT2D eigenvalue weighted by molar-refractivity contribution is 9.10. The molecule has 0 aliphatic rings. The fourth-order valence-electron chi connectivity index (χ4n) is 1.92. The zero-order valence-electron chi connectivity index (χ0n) is 12.5. The summed E-state index contributed by atoms with van der Waals surface area (Å²) in [6.07, 6.45) is 0. The monoisotopic (exact) mass is 398 g/mol. The molecule has 0 bridgehead atoms. The number of nitrogens with one attached hydrogen (secondary N) is 2. The number of rotatable bonds is 5. The number of sulfonamides is 1. The van der Waals surface area contributed by atoms with Crippen molar-refractivity contribution in [3.05, 3.63) is 58.1 Å². The fourth-order valence-corrected chi connectivity index (χ4v) is 3.47. The average Bonchev–Trinajstić information content (AvgIpc) is 2.53. The second-order valence-electron chi connectivity index (χ2n) is 4.67. The van der Waals surface area contributed by atoms with Crippen molar-refractivity contribution in [2.45, 2.75) is 11.8 Å². The number of hydrogen-bond acceptors (Lipinski definition) is 4. The number of benzene rings is 2. The van der Waals surface area contributed by atoms with Crippen LogP contribution >= 0.6 is 15.9 Å². The molecule has 2 aromatic rings. The van der Waals surface area contributed by atoms with E-state index in [-0.39, 0.29) is 10.6 Å². The van der Waals surface area contributed by atoms with Gasteiger partial charge < -0.3 is 4.74 Å². The van der Waals surface area contributed by atoms with Crippen molar-refractivity contribution in [2.75, 3.05) is 7.11 Å². The highest BCUT2D eigenvalue weighted by Crippen LogP contribution is 2.26. The van der Waals surface area contributed by atoms with Gasteiger partial charge in [-0.15, -0.1) is 4.83 Å². The molecule has 0 spiro atoms. The predicted octanol–water partition coefficient (Wildman–Crippen LogP) is 2.39. The lowest BCUT2D eigenvalue weighted by Gasteiger charge is -2.12. The minimum Gasteiger partial charge on any atom is -0.495 e. The van der Waals surface area contributed by atoms with Crippen LogP contribution in [-0.4, -0.2) is 21.4 Å². The number of halogens is 1. The van der Waals surface area contributed by atoms with Crippen LogP contribution in [0.25, 0.3) is 0 Å². The van der Waals surface area contributed by atoms with Gasteiger partial charge in [0.25, 0.3) is 15.9 Å². The largest absolute Gasteiger partial charge is 0.495 e. The summed E-state index contributed by atoms with van der Waals surface area (Å²) in [5.74, 6) is -0.369. The van der Waals surface area contributed by atoms with Gasteiger partial charge in [0.1, 0.15) is 10.6 Å². The third-order valence-electron chi connectivity index (χ3n) is 3.10. The molecule has 0 radical (unpaired) electrons. The van der Waals surface area contributed by atoms with E-state index in [1.807, 2.05) is 0 Å². The summed E-state index contributed by atoms with van der Waals surface area (Å²) in [5, 5.41) is 0. The zero-order chi connectivity index (χ0) is 17.0. The van der Waals surface area contributed by atoms with Gasteiger partial charge in [-0.3, -0.25) is 10.2 Å². The Kier molecular flexibility index (Phi) is 5.40.